The Morgan fingerprint density at radius 2 is 1.52 bits per heavy atom. The maximum absolute atomic E-state index is 12.3. The number of carbonyl (C=O) groups is 1. The second kappa shape index (κ2) is 9.54. The van der Waals surface area contributed by atoms with E-state index in [-0.39, 0.29) is 11.3 Å². The van der Waals surface area contributed by atoms with Crippen LogP contribution in [-0.4, -0.2) is 19.1 Å². The van der Waals surface area contributed by atoms with Crippen molar-refractivity contribution in [2.75, 3.05) is 11.9 Å². The highest BCUT2D eigenvalue weighted by Gasteiger charge is 2.10. The molecule has 1 amide bonds. The highest BCUT2D eigenvalue weighted by molar-refractivity contribution is 6.04. The van der Waals surface area contributed by atoms with Crippen LogP contribution in [0.3, 0.4) is 0 Å². The minimum Gasteiger partial charge on any atom is -0.494 e. The van der Waals surface area contributed by atoms with Gasteiger partial charge in [-0.1, -0.05) is 6.07 Å². The van der Waals surface area contributed by atoms with Gasteiger partial charge in [0.15, 0.2) is 0 Å². The molecule has 5 nitrogen and oxygen atoms in total. The van der Waals surface area contributed by atoms with Crippen LogP contribution in [0.15, 0.2) is 72.8 Å². The van der Waals surface area contributed by atoms with Gasteiger partial charge >= 0.3 is 6.61 Å². The number of halogens is 2. The van der Waals surface area contributed by atoms with Crippen molar-refractivity contribution < 1.29 is 27.8 Å². The molecule has 0 saturated heterocycles. The lowest BCUT2D eigenvalue weighted by molar-refractivity contribution is -0.0498. The monoisotopic (exact) mass is 399 g/mol. The highest BCUT2D eigenvalue weighted by atomic mass is 19.3. The molecule has 0 aliphatic heterocycles. The van der Waals surface area contributed by atoms with Gasteiger partial charge in [0.25, 0.3) is 5.91 Å². The third-order valence-electron chi connectivity index (χ3n) is 3.80. The molecule has 0 bridgehead atoms. The van der Waals surface area contributed by atoms with E-state index in [4.69, 9.17) is 9.47 Å². The van der Waals surface area contributed by atoms with Crippen LogP contribution in [0.5, 0.6) is 23.0 Å². The average Bonchev–Trinajstić information content (AvgIpc) is 2.71. The zero-order chi connectivity index (χ0) is 20.6. The summed E-state index contributed by atoms with van der Waals surface area (Å²) in [6.07, 6.45) is 0. The van der Waals surface area contributed by atoms with Crippen molar-refractivity contribution >= 4 is 11.6 Å². The lowest BCUT2D eigenvalue weighted by Gasteiger charge is -2.10. The van der Waals surface area contributed by atoms with Crippen LogP contribution in [0.2, 0.25) is 0 Å². The number of alkyl halides is 2. The summed E-state index contributed by atoms with van der Waals surface area (Å²) in [5.41, 5.74) is 0.743. The van der Waals surface area contributed by atoms with Gasteiger partial charge in [-0.05, 0) is 73.7 Å². The van der Waals surface area contributed by atoms with Gasteiger partial charge in [0.2, 0.25) is 0 Å². The molecule has 0 heterocycles. The predicted molar refractivity (Wildman–Crippen MR) is 105 cm³/mol. The Hall–Kier alpha value is -3.61. The Labute approximate surface area is 166 Å². The molecule has 0 aliphatic carbocycles. The van der Waals surface area contributed by atoms with Crippen LogP contribution >= 0.6 is 0 Å². The smallest absolute Gasteiger partial charge is 0.387 e. The molecular formula is C22H19F2NO4. The number of hydrogen-bond acceptors (Lipinski definition) is 4. The fourth-order valence-electron chi connectivity index (χ4n) is 2.53. The highest BCUT2D eigenvalue weighted by Crippen LogP contribution is 2.25. The second-order valence-electron chi connectivity index (χ2n) is 5.89. The van der Waals surface area contributed by atoms with Gasteiger partial charge in [0.1, 0.15) is 23.0 Å². The summed E-state index contributed by atoms with van der Waals surface area (Å²) in [7, 11) is 0. The molecule has 0 radical (unpaired) electrons. The second-order valence-corrected chi connectivity index (χ2v) is 5.89. The molecular weight excluding hydrogens is 380 g/mol. The quantitative estimate of drug-likeness (QED) is 0.525. The molecule has 3 aromatic carbocycles. The van der Waals surface area contributed by atoms with Crippen molar-refractivity contribution in [3.8, 4) is 23.0 Å². The lowest BCUT2D eigenvalue weighted by atomic mass is 10.2. The van der Waals surface area contributed by atoms with Crippen molar-refractivity contribution in [1.82, 2.24) is 0 Å². The van der Waals surface area contributed by atoms with E-state index in [9.17, 15) is 13.6 Å². The fourth-order valence-corrected chi connectivity index (χ4v) is 2.53. The van der Waals surface area contributed by atoms with Crippen molar-refractivity contribution in [3.05, 3.63) is 78.4 Å². The summed E-state index contributed by atoms with van der Waals surface area (Å²) in [6, 6.07) is 19.6. The minimum absolute atomic E-state index is 0.0771. The zero-order valence-corrected chi connectivity index (χ0v) is 15.6. The summed E-state index contributed by atoms with van der Waals surface area (Å²) in [5, 5.41) is 2.70. The van der Waals surface area contributed by atoms with E-state index >= 15 is 0 Å². The van der Waals surface area contributed by atoms with Crippen LogP contribution in [0, 0.1) is 0 Å². The molecule has 0 spiro atoms. The van der Waals surface area contributed by atoms with E-state index in [1.807, 2.05) is 19.1 Å². The molecule has 7 heteroatoms. The van der Waals surface area contributed by atoms with E-state index in [1.165, 1.54) is 24.3 Å². The maximum Gasteiger partial charge on any atom is 0.387 e. The average molecular weight is 399 g/mol. The summed E-state index contributed by atoms with van der Waals surface area (Å²) in [6.45, 7) is -0.438. The SMILES string of the molecule is CCOc1ccc(Oc2ccc(NC(=O)c3cccc(OC(F)F)c3)cc2)cc1. The molecule has 0 fully saturated rings. The Kier molecular flexibility index (Phi) is 6.63. The number of rotatable bonds is 8. The van der Waals surface area contributed by atoms with E-state index in [0.717, 1.165) is 5.75 Å². The first kappa shape index (κ1) is 20.1. The van der Waals surface area contributed by atoms with Crippen LogP contribution < -0.4 is 19.5 Å². The van der Waals surface area contributed by atoms with Gasteiger partial charge in [-0.3, -0.25) is 4.79 Å². The van der Waals surface area contributed by atoms with Gasteiger partial charge in [0, 0.05) is 11.3 Å². The van der Waals surface area contributed by atoms with Gasteiger partial charge in [-0.25, -0.2) is 0 Å². The van der Waals surface area contributed by atoms with E-state index in [2.05, 4.69) is 10.1 Å². The summed E-state index contributed by atoms with van der Waals surface area (Å²) in [5.74, 6) is 1.50. The van der Waals surface area contributed by atoms with Gasteiger partial charge in [-0.15, -0.1) is 0 Å². The van der Waals surface area contributed by atoms with E-state index < -0.39 is 12.5 Å². The lowest BCUT2D eigenvalue weighted by Crippen LogP contribution is -2.12. The first-order valence-corrected chi connectivity index (χ1v) is 8.90. The number of amides is 1. The Morgan fingerprint density at radius 3 is 2.14 bits per heavy atom. The number of anilines is 1. The maximum atomic E-state index is 12.3. The molecule has 29 heavy (non-hydrogen) atoms. The number of hydrogen-bond donors (Lipinski definition) is 1. The Balaban J connectivity index is 1.60. The first-order valence-electron chi connectivity index (χ1n) is 8.90. The van der Waals surface area contributed by atoms with Crippen LogP contribution in [0.25, 0.3) is 0 Å². The first-order chi connectivity index (χ1) is 14.0. The molecule has 0 atom stereocenters. The molecule has 3 aromatic rings. The number of nitrogens with one attached hydrogen (secondary N) is 1. The number of ether oxygens (including phenoxy) is 3. The fraction of sp³-hybridized carbons (Fsp3) is 0.136. The largest absolute Gasteiger partial charge is 0.494 e. The third-order valence-corrected chi connectivity index (χ3v) is 3.80. The van der Waals surface area contributed by atoms with E-state index in [0.29, 0.717) is 23.8 Å². The van der Waals surface area contributed by atoms with Gasteiger partial charge in [0.05, 0.1) is 6.61 Å². The Bertz CT molecular complexity index is 944. The summed E-state index contributed by atoms with van der Waals surface area (Å²) < 4.78 is 40.1. The van der Waals surface area contributed by atoms with Crippen LogP contribution in [0.4, 0.5) is 14.5 Å². The minimum atomic E-state index is -2.95. The summed E-state index contributed by atoms with van der Waals surface area (Å²) in [4.78, 5) is 12.3. The molecule has 0 aromatic heterocycles. The zero-order valence-electron chi connectivity index (χ0n) is 15.6. The molecule has 3 rings (SSSR count). The molecule has 0 saturated carbocycles. The van der Waals surface area contributed by atoms with Crippen molar-refractivity contribution in [2.45, 2.75) is 13.5 Å². The topological polar surface area (TPSA) is 56.8 Å². The molecule has 150 valence electrons. The normalized spacial score (nSPS) is 10.5. The Morgan fingerprint density at radius 1 is 0.897 bits per heavy atom. The summed E-state index contributed by atoms with van der Waals surface area (Å²) >= 11 is 0. The standard InChI is InChI=1S/C22H19F2NO4/c1-2-27-17-10-12-19(13-11-17)28-18-8-6-16(7-9-18)25-21(26)15-4-3-5-20(14-15)29-22(23)24/h3-14,22H,2H2,1H3,(H,25,26). The molecule has 0 unspecified atom stereocenters. The van der Waals surface area contributed by atoms with Crippen LogP contribution in [0.1, 0.15) is 17.3 Å². The van der Waals surface area contributed by atoms with Crippen molar-refractivity contribution in [2.24, 2.45) is 0 Å². The molecule has 1 N–H and O–H groups in total. The van der Waals surface area contributed by atoms with E-state index in [1.54, 1.807) is 36.4 Å². The molecule has 0 aliphatic rings. The van der Waals surface area contributed by atoms with Crippen molar-refractivity contribution in [3.63, 3.8) is 0 Å². The number of carbonyl (C=O) groups excluding carboxylic acids is 1. The predicted octanol–water partition coefficient (Wildman–Crippen LogP) is 5.73. The number of benzene rings is 3. The third kappa shape index (κ3) is 5.93. The van der Waals surface area contributed by atoms with Crippen LogP contribution in [-0.2, 0) is 0 Å². The van der Waals surface area contributed by atoms with Gasteiger partial charge < -0.3 is 19.5 Å². The van der Waals surface area contributed by atoms with Crippen molar-refractivity contribution in [1.29, 1.82) is 0 Å². The van der Waals surface area contributed by atoms with Gasteiger partial charge in [-0.2, -0.15) is 8.78 Å².